The van der Waals surface area contributed by atoms with Crippen LogP contribution in [-0.2, 0) is 18.8 Å². The number of nitrogens with zero attached hydrogens (tertiary/aromatic N) is 4. The van der Waals surface area contributed by atoms with Gasteiger partial charge in [0.25, 0.3) is 0 Å². The molecule has 6 nitrogen and oxygen atoms in total. The van der Waals surface area contributed by atoms with Gasteiger partial charge < -0.3 is 9.47 Å². The molecule has 1 aromatic heterocycles. The standard InChI is InChI=1S/C28H27Cl3N4O2S/c1-3-5-27-33-34-28(38-18-19-6-10-22(29)11-7-19)35(27)32-16-20-9-13-25(26(15-20)36-4-2)37-17-21-8-12-23(30)24(31)14-21/h6-16H,3-5,17-18H2,1-2H3/b32-16+. The Bertz CT molecular complexity index is 1390. The van der Waals surface area contributed by atoms with Gasteiger partial charge in [0.1, 0.15) is 6.61 Å². The van der Waals surface area contributed by atoms with Crippen molar-refractivity contribution in [2.45, 2.75) is 44.2 Å². The van der Waals surface area contributed by atoms with Gasteiger partial charge >= 0.3 is 0 Å². The normalized spacial score (nSPS) is 11.3. The van der Waals surface area contributed by atoms with E-state index < -0.39 is 0 Å². The lowest BCUT2D eigenvalue weighted by molar-refractivity contribution is 0.269. The maximum atomic E-state index is 6.13. The van der Waals surface area contributed by atoms with E-state index in [0.717, 1.165) is 46.3 Å². The molecule has 198 valence electrons. The Hall–Kier alpha value is -2.71. The summed E-state index contributed by atoms with van der Waals surface area (Å²) in [6.07, 6.45) is 3.49. The molecule has 0 unspecified atom stereocenters. The minimum absolute atomic E-state index is 0.333. The molecular weight excluding hydrogens is 563 g/mol. The van der Waals surface area contributed by atoms with Crippen molar-refractivity contribution >= 4 is 52.8 Å². The predicted octanol–water partition coefficient (Wildman–Crippen LogP) is 8.34. The zero-order chi connectivity index (χ0) is 26.9. The lowest BCUT2D eigenvalue weighted by Gasteiger charge is -2.13. The molecule has 4 rings (SSSR count). The predicted molar refractivity (Wildman–Crippen MR) is 156 cm³/mol. The zero-order valence-corrected chi connectivity index (χ0v) is 24.1. The van der Waals surface area contributed by atoms with E-state index in [1.165, 1.54) is 0 Å². The van der Waals surface area contributed by atoms with E-state index in [0.29, 0.717) is 39.8 Å². The van der Waals surface area contributed by atoms with Crippen molar-refractivity contribution < 1.29 is 9.47 Å². The van der Waals surface area contributed by atoms with Gasteiger partial charge in [-0.3, -0.25) is 0 Å². The second-order valence-corrected chi connectivity index (χ2v) is 10.5. The van der Waals surface area contributed by atoms with Crippen LogP contribution in [0.4, 0.5) is 0 Å². The van der Waals surface area contributed by atoms with Crippen LogP contribution in [0.5, 0.6) is 11.5 Å². The van der Waals surface area contributed by atoms with E-state index in [1.807, 2.05) is 55.5 Å². The maximum absolute atomic E-state index is 6.13. The Kier molecular flexibility index (Phi) is 10.4. The number of rotatable bonds is 12. The lowest BCUT2D eigenvalue weighted by atomic mass is 10.2. The van der Waals surface area contributed by atoms with E-state index in [4.69, 9.17) is 49.4 Å². The quantitative estimate of drug-likeness (QED) is 0.123. The van der Waals surface area contributed by atoms with Crippen molar-refractivity contribution in [3.05, 3.63) is 98.2 Å². The first kappa shape index (κ1) is 28.3. The van der Waals surface area contributed by atoms with Gasteiger partial charge in [0.2, 0.25) is 5.16 Å². The van der Waals surface area contributed by atoms with Crippen molar-refractivity contribution in [3.8, 4) is 11.5 Å². The molecule has 0 aliphatic carbocycles. The van der Waals surface area contributed by atoms with Gasteiger partial charge in [-0.15, -0.1) is 10.2 Å². The molecule has 0 atom stereocenters. The Morgan fingerprint density at radius 2 is 1.66 bits per heavy atom. The number of hydrogen-bond donors (Lipinski definition) is 0. The number of benzene rings is 3. The molecule has 0 aliphatic rings. The van der Waals surface area contributed by atoms with Crippen LogP contribution < -0.4 is 9.47 Å². The number of aryl methyl sites for hydroxylation is 1. The molecule has 0 amide bonds. The number of ether oxygens (including phenoxy) is 2. The monoisotopic (exact) mass is 588 g/mol. The van der Waals surface area contributed by atoms with E-state index in [9.17, 15) is 0 Å². The summed E-state index contributed by atoms with van der Waals surface area (Å²) in [6.45, 7) is 4.87. The highest BCUT2D eigenvalue weighted by atomic mass is 35.5. The van der Waals surface area contributed by atoms with Crippen LogP contribution in [0.2, 0.25) is 15.1 Å². The minimum Gasteiger partial charge on any atom is -0.490 e. The molecule has 0 radical (unpaired) electrons. The van der Waals surface area contributed by atoms with Gasteiger partial charge in [0.05, 0.1) is 22.9 Å². The van der Waals surface area contributed by atoms with Gasteiger partial charge in [0, 0.05) is 17.2 Å². The Morgan fingerprint density at radius 1 is 0.868 bits per heavy atom. The summed E-state index contributed by atoms with van der Waals surface area (Å²) in [7, 11) is 0. The van der Waals surface area contributed by atoms with Crippen molar-refractivity contribution in [1.82, 2.24) is 14.9 Å². The largest absolute Gasteiger partial charge is 0.490 e. The van der Waals surface area contributed by atoms with E-state index >= 15 is 0 Å². The molecule has 0 saturated carbocycles. The van der Waals surface area contributed by atoms with E-state index in [-0.39, 0.29) is 0 Å². The van der Waals surface area contributed by atoms with Crippen LogP contribution in [0.25, 0.3) is 0 Å². The van der Waals surface area contributed by atoms with Crippen LogP contribution in [0.1, 0.15) is 42.8 Å². The van der Waals surface area contributed by atoms with Crippen molar-refractivity contribution in [3.63, 3.8) is 0 Å². The van der Waals surface area contributed by atoms with Crippen molar-refractivity contribution in [1.29, 1.82) is 0 Å². The van der Waals surface area contributed by atoms with Gasteiger partial charge in [-0.2, -0.15) is 9.78 Å². The third-order valence-corrected chi connectivity index (χ3v) is 7.38. The second-order valence-electron chi connectivity index (χ2n) is 8.30. The molecule has 1 heterocycles. The first-order valence-electron chi connectivity index (χ1n) is 12.2. The lowest BCUT2D eigenvalue weighted by Crippen LogP contribution is -2.02. The first-order valence-corrected chi connectivity index (χ1v) is 14.3. The first-order chi connectivity index (χ1) is 18.5. The number of thioether (sulfide) groups is 1. The fraction of sp³-hybridized carbons (Fsp3) is 0.250. The van der Waals surface area contributed by atoms with Crippen LogP contribution in [0, 0.1) is 0 Å². The smallest absolute Gasteiger partial charge is 0.212 e. The molecule has 0 N–H and O–H groups in total. The van der Waals surface area contributed by atoms with Gasteiger partial charge in [-0.25, -0.2) is 0 Å². The number of hydrogen-bond acceptors (Lipinski definition) is 6. The SMILES string of the molecule is CCCc1nnc(SCc2ccc(Cl)cc2)n1/N=C/c1ccc(OCc2ccc(Cl)c(Cl)c2)c(OCC)c1. The van der Waals surface area contributed by atoms with Crippen LogP contribution in [0.3, 0.4) is 0 Å². The molecule has 0 aliphatic heterocycles. The molecule has 10 heteroatoms. The summed E-state index contributed by atoms with van der Waals surface area (Å²) in [5.74, 6) is 2.81. The molecular formula is C28H27Cl3N4O2S. The zero-order valence-electron chi connectivity index (χ0n) is 21.0. The molecule has 38 heavy (non-hydrogen) atoms. The van der Waals surface area contributed by atoms with Gasteiger partial charge in [0.15, 0.2) is 17.3 Å². The minimum atomic E-state index is 0.333. The van der Waals surface area contributed by atoms with Gasteiger partial charge in [-0.1, -0.05) is 71.7 Å². The number of aromatic nitrogens is 3. The summed E-state index contributed by atoms with van der Waals surface area (Å²) >= 11 is 19.7. The fourth-order valence-corrected chi connectivity index (χ4v) is 4.83. The highest BCUT2D eigenvalue weighted by molar-refractivity contribution is 7.98. The molecule has 0 fully saturated rings. The van der Waals surface area contributed by atoms with Crippen molar-refractivity contribution in [2.75, 3.05) is 6.61 Å². The summed E-state index contributed by atoms with van der Waals surface area (Å²) < 4.78 is 13.7. The van der Waals surface area contributed by atoms with E-state index in [1.54, 1.807) is 34.8 Å². The van der Waals surface area contributed by atoms with Gasteiger partial charge in [-0.05, 0) is 72.5 Å². The molecule has 0 bridgehead atoms. The highest BCUT2D eigenvalue weighted by Gasteiger charge is 2.13. The molecule has 3 aromatic carbocycles. The fourth-order valence-electron chi connectivity index (χ4n) is 3.52. The number of halogens is 3. The summed E-state index contributed by atoms with van der Waals surface area (Å²) in [5.41, 5.74) is 2.92. The average Bonchev–Trinajstić information content (AvgIpc) is 3.30. The van der Waals surface area contributed by atoms with Crippen LogP contribution in [-0.4, -0.2) is 27.7 Å². The average molecular weight is 590 g/mol. The molecule has 4 aromatic rings. The van der Waals surface area contributed by atoms with Crippen LogP contribution in [0.15, 0.2) is 70.9 Å². The molecule has 0 spiro atoms. The molecule has 0 saturated heterocycles. The van der Waals surface area contributed by atoms with E-state index in [2.05, 4.69) is 17.1 Å². The Labute approximate surface area is 241 Å². The topological polar surface area (TPSA) is 61.5 Å². The van der Waals surface area contributed by atoms with Crippen molar-refractivity contribution in [2.24, 2.45) is 5.10 Å². The summed E-state index contributed by atoms with van der Waals surface area (Å²) in [4.78, 5) is 0. The second kappa shape index (κ2) is 13.9. The third kappa shape index (κ3) is 7.67. The Morgan fingerprint density at radius 3 is 2.39 bits per heavy atom. The van der Waals surface area contributed by atoms with Crippen LogP contribution >= 0.6 is 46.6 Å². The third-order valence-electron chi connectivity index (χ3n) is 5.40. The summed E-state index contributed by atoms with van der Waals surface area (Å²) in [5, 5.41) is 15.9. The maximum Gasteiger partial charge on any atom is 0.212 e. The summed E-state index contributed by atoms with van der Waals surface area (Å²) in [6, 6.07) is 18.9. The highest BCUT2D eigenvalue weighted by Crippen LogP contribution is 2.30. The Balaban J connectivity index is 1.51.